The third-order valence-electron chi connectivity index (χ3n) is 4.97. The lowest BCUT2D eigenvalue weighted by Gasteiger charge is -2.19. The molecule has 0 saturated heterocycles. The number of H-pyrrole nitrogens is 1. The molecule has 0 bridgehead atoms. The third-order valence-corrected chi connectivity index (χ3v) is 4.97. The predicted octanol–water partition coefficient (Wildman–Crippen LogP) is 3.39. The van der Waals surface area contributed by atoms with Gasteiger partial charge in [-0.3, -0.25) is 4.98 Å². The van der Waals surface area contributed by atoms with Gasteiger partial charge < -0.3 is 10.3 Å². The van der Waals surface area contributed by atoms with Gasteiger partial charge in [-0.2, -0.15) is 0 Å². The van der Waals surface area contributed by atoms with Crippen LogP contribution in [0, 0.1) is 0 Å². The predicted molar refractivity (Wildman–Crippen MR) is 114 cm³/mol. The SMILES string of the molecule is c1ccc(CC(Nc2ccc3[nH]cnc3c2)c2nnnn2Cc2cccnc2)cc1. The summed E-state index contributed by atoms with van der Waals surface area (Å²) in [6.07, 6.45) is 6.03. The summed E-state index contributed by atoms with van der Waals surface area (Å²) in [5.41, 5.74) is 5.12. The molecule has 8 heteroatoms. The van der Waals surface area contributed by atoms with Crippen molar-refractivity contribution in [2.45, 2.75) is 19.0 Å². The largest absolute Gasteiger partial charge is 0.375 e. The second-order valence-corrected chi connectivity index (χ2v) is 7.08. The van der Waals surface area contributed by atoms with Crippen LogP contribution in [0.15, 0.2) is 79.4 Å². The molecule has 5 aromatic rings. The van der Waals surface area contributed by atoms with Gasteiger partial charge in [-0.05, 0) is 52.2 Å². The van der Waals surface area contributed by atoms with E-state index in [-0.39, 0.29) is 6.04 Å². The van der Waals surface area contributed by atoms with E-state index < -0.39 is 0 Å². The van der Waals surface area contributed by atoms with E-state index >= 15 is 0 Å². The first kappa shape index (κ1) is 18.0. The van der Waals surface area contributed by atoms with Crippen LogP contribution < -0.4 is 5.32 Å². The minimum Gasteiger partial charge on any atom is -0.375 e. The Kier molecular flexibility index (Phi) is 4.87. The summed E-state index contributed by atoms with van der Waals surface area (Å²) in [5, 5.41) is 16.1. The number of benzene rings is 2. The fourth-order valence-electron chi connectivity index (χ4n) is 3.52. The van der Waals surface area contributed by atoms with Crippen LogP contribution in [-0.2, 0) is 13.0 Å². The maximum atomic E-state index is 4.36. The molecule has 0 spiro atoms. The van der Waals surface area contributed by atoms with Crippen molar-refractivity contribution in [3.63, 3.8) is 0 Å². The van der Waals surface area contributed by atoms with E-state index in [1.807, 2.05) is 59.4 Å². The molecular weight excluding hydrogens is 376 g/mol. The van der Waals surface area contributed by atoms with Gasteiger partial charge in [-0.25, -0.2) is 9.67 Å². The summed E-state index contributed by atoms with van der Waals surface area (Å²) in [7, 11) is 0. The lowest BCUT2D eigenvalue weighted by atomic mass is 10.0. The van der Waals surface area contributed by atoms with Crippen molar-refractivity contribution in [2.24, 2.45) is 0 Å². The number of fused-ring (bicyclic) bond motifs is 1. The second-order valence-electron chi connectivity index (χ2n) is 7.08. The molecule has 8 nitrogen and oxygen atoms in total. The summed E-state index contributed by atoms with van der Waals surface area (Å²) in [4.78, 5) is 11.7. The molecule has 0 saturated carbocycles. The van der Waals surface area contributed by atoms with Gasteiger partial charge in [-0.15, -0.1) is 5.10 Å². The molecule has 1 atom stereocenters. The van der Waals surface area contributed by atoms with Crippen molar-refractivity contribution in [3.8, 4) is 0 Å². The highest BCUT2D eigenvalue weighted by molar-refractivity contribution is 5.78. The van der Waals surface area contributed by atoms with Crippen LogP contribution in [0.1, 0.15) is 23.0 Å². The Morgan fingerprint density at radius 2 is 1.90 bits per heavy atom. The van der Waals surface area contributed by atoms with Crippen molar-refractivity contribution >= 4 is 16.7 Å². The lowest BCUT2D eigenvalue weighted by molar-refractivity contribution is 0.582. The first-order chi connectivity index (χ1) is 14.8. The van der Waals surface area contributed by atoms with Crippen LogP contribution in [0.25, 0.3) is 11.0 Å². The number of hydrogen-bond acceptors (Lipinski definition) is 6. The number of nitrogens with one attached hydrogen (secondary N) is 2. The first-order valence-electron chi connectivity index (χ1n) is 9.74. The van der Waals surface area contributed by atoms with E-state index in [9.17, 15) is 0 Å². The van der Waals surface area contributed by atoms with Gasteiger partial charge in [0.15, 0.2) is 5.82 Å². The summed E-state index contributed by atoms with van der Waals surface area (Å²) in [5.74, 6) is 0.768. The minimum atomic E-state index is -0.115. The van der Waals surface area contributed by atoms with E-state index in [1.165, 1.54) is 5.56 Å². The highest BCUT2D eigenvalue weighted by atomic mass is 15.5. The van der Waals surface area contributed by atoms with Crippen LogP contribution >= 0.6 is 0 Å². The van der Waals surface area contributed by atoms with Crippen molar-refractivity contribution < 1.29 is 0 Å². The summed E-state index contributed by atoms with van der Waals surface area (Å²) >= 11 is 0. The zero-order valence-electron chi connectivity index (χ0n) is 16.2. The highest BCUT2D eigenvalue weighted by Crippen LogP contribution is 2.24. The average molecular weight is 396 g/mol. The number of hydrogen-bond donors (Lipinski definition) is 2. The number of anilines is 1. The van der Waals surface area contributed by atoms with E-state index in [0.29, 0.717) is 6.54 Å². The number of nitrogens with zero attached hydrogens (tertiary/aromatic N) is 6. The first-order valence-corrected chi connectivity index (χ1v) is 9.74. The number of aromatic amines is 1. The molecule has 30 heavy (non-hydrogen) atoms. The molecule has 0 amide bonds. The Morgan fingerprint density at radius 1 is 1.00 bits per heavy atom. The Hall–Kier alpha value is -4.07. The molecule has 2 aromatic carbocycles. The van der Waals surface area contributed by atoms with Gasteiger partial charge in [0, 0.05) is 18.1 Å². The Labute approximate surface area is 173 Å². The fraction of sp³-hybridized carbons (Fsp3) is 0.136. The zero-order valence-corrected chi connectivity index (χ0v) is 16.2. The van der Waals surface area contributed by atoms with Crippen LogP contribution in [-0.4, -0.2) is 35.2 Å². The van der Waals surface area contributed by atoms with Crippen molar-refractivity contribution in [1.82, 2.24) is 35.2 Å². The van der Waals surface area contributed by atoms with Crippen LogP contribution in [0.5, 0.6) is 0 Å². The van der Waals surface area contributed by atoms with Crippen LogP contribution in [0.2, 0.25) is 0 Å². The van der Waals surface area contributed by atoms with E-state index in [4.69, 9.17) is 0 Å². The monoisotopic (exact) mass is 396 g/mol. The van der Waals surface area contributed by atoms with E-state index in [0.717, 1.165) is 34.5 Å². The number of tetrazole rings is 1. The number of aromatic nitrogens is 7. The molecule has 0 aliphatic carbocycles. The van der Waals surface area contributed by atoms with Crippen molar-refractivity contribution in [3.05, 3.63) is 96.3 Å². The fourth-order valence-corrected chi connectivity index (χ4v) is 3.52. The number of imidazole rings is 1. The van der Waals surface area contributed by atoms with Crippen molar-refractivity contribution in [1.29, 1.82) is 0 Å². The van der Waals surface area contributed by atoms with Crippen LogP contribution in [0.4, 0.5) is 5.69 Å². The molecule has 1 unspecified atom stereocenters. The zero-order chi connectivity index (χ0) is 20.2. The summed E-state index contributed by atoms with van der Waals surface area (Å²) in [6.45, 7) is 0.557. The third kappa shape index (κ3) is 3.88. The molecule has 0 radical (unpaired) electrons. The van der Waals surface area contributed by atoms with Gasteiger partial charge in [0.1, 0.15) is 0 Å². The molecule has 3 heterocycles. The Balaban J connectivity index is 1.47. The molecule has 148 valence electrons. The lowest BCUT2D eigenvalue weighted by Crippen LogP contribution is -2.20. The number of rotatable bonds is 7. The quantitative estimate of drug-likeness (QED) is 0.438. The van der Waals surface area contributed by atoms with Gasteiger partial charge in [0.05, 0.1) is 29.9 Å². The smallest absolute Gasteiger partial charge is 0.174 e. The molecule has 5 rings (SSSR count). The van der Waals surface area contributed by atoms with E-state index in [2.05, 4.69) is 47.9 Å². The molecule has 0 aliphatic rings. The van der Waals surface area contributed by atoms with Gasteiger partial charge >= 0.3 is 0 Å². The molecular formula is C22H20N8. The van der Waals surface area contributed by atoms with Crippen LogP contribution in [0.3, 0.4) is 0 Å². The molecule has 0 aliphatic heterocycles. The summed E-state index contributed by atoms with van der Waals surface area (Å²) in [6, 6.07) is 20.2. The summed E-state index contributed by atoms with van der Waals surface area (Å²) < 4.78 is 1.82. The Morgan fingerprint density at radius 3 is 2.77 bits per heavy atom. The molecule has 2 N–H and O–H groups in total. The minimum absolute atomic E-state index is 0.115. The highest BCUT2D eigenvalue weighted by Gasteiger charge is 2.20. The maximum absolute atomic E-state index is 4.36. The van der Waals surface area contributed by atoms with Gasteiger partial charge in [0.2, 0.25) is 0 Å². The Bertz CT molecular complexity index is 1230. The van der Waals surface area contributed by atoms with Crippen molar-refractivity contribution in [2.75, 3.05) is 5.32 Å². The normalized spacial score (nSPS) is 12.1. The molecule has 3 aromatic heterocycles. The number of pyridine rings is 1. The molecule has 0 fully saturated rings. The van der Waals surface area contributed by atoms with E-state index in [1.54, 1.807) is 12.5 Å². The maximum Gasteiger partial charge on any atom is 0.174 e. The van der Waals surface area contributed by atoms with Gasteiger partial charge in [-0.1, -0.05) is 36.4 Å². The standard InChI is InChI=1S/C22H20N8/c1-2-5-16(6-3-1)11-21(26-18-8-9-19-20(12-18)25-15-24-19)22-27-28-29-30(22)14-17-7-4-10-23-13-17/h1-10,12-13,15,21,26H,11,14H2,(H,24,25). The second kappa shape index (κ2) is 8.12. The van der Waals surface area contributed by atoms with Gasteiger partial charge in [0.25, 0.3) is 0 Å². The topological polar surface area (TPSA) is 97.2 Å². The average Bonchev–Trinajstić information content (AvgIpc) is 3.44.